The van der Waals surface area contributed by atoms with Crippen LogP contribution in [0.3, 0.4) is 0 Å². The predicted octanol–water partition coefficient (Wildman–Crippen LogP) is 0.599. The maximum absolute atomic E-state index is 9.14. The van der Waals surface area contributed by atoms with Crippen LogP contribution in [0.2, 0.25) is 0 Å². The van der Waals surface area contributed by atoms with Gasteiger partial charge in [0.25, 0.3) is 0 Å². The van der Waals surface area contributed by atoms with Crippen LogP contribution in [0.1, 0.15) is 25.1 Å². The summed E-state index contributed by atoms with van der Waals surface area (Å²) in [7, 11) is 0. The van der Waals surface area contributed by atoms with E-state index in [2.05, 4.69) is 23.8 Å². The van der Waals surface area contributed by atoms with Crippen LogP contribution >= 0.6 is 0 Å². The second-order valence-electron chi connectivity index (χ2n) is 4.06. The van der Waals surface area contributed by atoms with E-state index in [1.807, 2.05) is 4.68 Å². The largest absolute Gasteiger partial charge is 0.392 e. The Kier molecular flexibility index (Phi) is 2.56. The molecule has 0 aliphatic carbocycles. The molecule has 1 aromatic rings. The van der Waals surface area contributed by atoms with Gasteiger partial charge in [0, 0.05) is 24.7 Å². The zero-order chi connectivity index (χ0) is 10.1. The van der Waals surface area contributed by atoms with E-state index in [0.29, 0.717) is 6.04 Å². The lowest BCUT2D eigenvalue weighted by Gasteiger charge is -2.31. The molecule has 0 spiro atoms. The van der Waals surface area contributed by atoms with Crippen LogP contribution in [0.4, 0.5) is 0 Å². The summed E-state index contributed by atoms with van der Waals surface area (Å²) in [5.41, 5.74) is 2.14. The van der Waals surface area contributed by atoms with Crippen molar-refractivity contribution in [2.24, 2.45) is 0 Å². The molecule has 1 aromatic heterocycles. The predicted molar refractivity (Wildman–Crippen MR) is 53.7 cm³/mol. The molecular formula is C10H17N3O. The van der Waals surface area contributed by atoms with Crippen LogP contribution in [0, 0.1) is 0 Å². The van der Waals surface area contributed by atoms with Crippen molar-refractivity contribution in [3.63, 3.8) is 0 Å². The summed E-state index contributed by atoms with van der Waals surface area (Å²) < 4.78 is 2.00. The van der Waals surface area contributed by atoms with Crippen molar-refractivity contribution >= 4 is 0 Å². The van der Waals surface area contributed by atoms with Crippen molar-refractivity contribution in [2.45, 2.75) is 39.6 Å². The molecule has 0 bridgehead atoms. The number of fused-ring (bicyclic) bond motifs is 1. The van der Waals surface area contributed by atoms with Gasteiger partial charge >= 0.3 is 0 Å². The third kappa shape index (κ3) is 1.55. The Morgan fingerprint density at radius 1 is 1.50 bits per heavy atom. The van der Waals surface area contributed by atoms with Crippen LogP contribution in [-0.2, 0) is 19.7 Å². The lowest BCUT2D eigenvalue weighted by Crippen LogP contribution is -2.38. The minimum atomic E-state index is 0.0985. The van der Waals surface area contributed by atoms with Crippen molar-refractivity contribution in [3.05, 3.63) is 17.5 Å². The molecule has 1 aliphatic rings. The van der Waals surface area contributed by atoms with Gasteiger partial charge in [-0.3, -0.25) is 9.58 Å². The lowest BCUT2D eigenvalue weighted by atomic mass is 10.2. The maximum atomic E-state index is 9.14. The maximum Gasteiger partial charge on any atom is 0.0715 e. The number of hydrogen-bond donors (Lipinski definition) is 1. The van der Waals surface area contributed by atoms with Gasteiger partial charge in [-0.1, -0.05) is 0 Å². The molecular weight excluding hydrogens is 178 g/mol. The van der Waals surface area contributed by atoms with Crippen LogP contribution in [-0.4, -0.2) is 32.4 Å². The molecule has 4 heteroatoms. The van der Waals surface area contributed by atoms with Crippen molar-refractivity contribution in [2.75, 3.05) is 6.54 Å². The number of nitrogens with zero attached hydrogens (tertiary/aromatic N) is 3. The molecule has 0 unspecified atom stereocenters. The number of rotatable bonds is 2. The Labute approximate surface area is 84.1 Å². The fourth-order valence-electron chi connectivity index (χ4n) is 1.89. The number of hydrogen-bond acceptors (Lipinski definition) is 3. The Bertz CT molecular complexity index is 306. The molecule has 1 aliphatic heterocycles. The summed E-state index contributed by atoms with van der Waals surface area (Å²) in [6, 6.07) is 0.560. The summed E-state index contributed by atoms with van der Waals surface area (Å²) in [5, 5.41) is 13.4. The summed E-state index contributed by atoms with van der Waals surface area (Å²) in [6.07, 6.45) is 1.78. The lowest BCUT2D eigenvalue weighted by molar-refractivity contribution is 0.168. The van der Waals surface area contributed by atoms with Gasteiger partial charge < -0.3 is 5.11 Å². The Balaban J connectivity index is 2.23. The second kappa shape index (κ2) is 3.71. The summed E-state index contributed by atoms with van der Waals surface area (Å²) in [5.74, 6) is 0. The van der Waals surface area contributed by atoms with Crippen LogP contribution in [0.15, 0.2) is 6.20 Å². The molecule has 0 saturated carbocycles. The Hall–Kier alpha value is -0.870. The van der Waals surface area contributed by atoms with E-state index < -0.39 is 0 Å². The third-order valence-corrected chi connectivity index (χ3v) is 2.89. The summed E-state index contributed by atoms with van der Waals surface area (Å²) in [6.45, 7) is 7.40. The normalized spacial score (nSPS) is 17.4. The minimum Gasteiger partial charge on any atom is -0.392 e. The van der Waals surface area contributed by atoms with E-state index in [-0.39, 0.29) is 6.61 Å². The molecule has 78 valence electrons. The summed E-state index contributed by atoms with van der Waals surface area (Å²) >= 11 is 0. The Morgan fingerprint density at radius 2 is 2.29 bits per heavy atom. The molecule has 4 nitrogen and oxygen atoms in total. The first-order valence-electron chi connectivity index (χ1n) is 5.11. The number of aliphatic hydroxyl groups is 1. The van der Waals surface area contributed by atoms with Crippen molar-refractivity contribution < 1.29 is 5.11 Å². The molecule has 2 rings (SSSR count). The minimum absolute atomic E-state index is 0.0985. The van der Waals surface area contributed by atoms with Gasteiger partial charge in [-0.25, -0.2) is 0 Å². The van der Waals surface area contributed by atoms with Crippen molar-refractivity contribution in [1.82, 2.24) is 14.7 Å². The quantitative estimate of drug-likeness (QED) is 0.751. The standard InChI is InChI=1S/C10H17N3O/c1-8(2)12-3-4-13-10(6-12)9(7-14)5-11-13/h5,8,14H,3-4,6-7H2,1-2H3. The van der Waals surface area contributed by atoms with Crippen LogP contribution in [0.25, 0.3) is 0 Å². The van der Waals surface area contributed by atoms with Crippen LogP contribution < -0.4 is 0 Å². The summed E-state index contributed by atoms with van der Waals surface area (Å²) in [4.78, 5) is 2.40. The van der Waals surface area contributed by atoms with Gasteiger partial charge in [0.1, 0.15) is 0 Å². The molecule has 2 heterocycles. The molecule has 0 saturated heterocycles. The fraction of sp³-hybridized carbons (Fsp3) is 0.700. The monoisotopic (exact) mass is 195 g/mol. The number of aliphatic hydroxyl groups excluding tert-OH is 1. The SMILES string of the molecule is CC(C)N1CCn2ncc(CO)c2C1. The smallest absolute Gasteiger partial charge is 0.0715 e. The van der Waals surface area contributed by atoms with Gasteiger partial charge in [-0.2, -0.15) is 5.10 Å². The average Bonchev–Trinajstić information content (AvgIpc) is 2.59. The van der Waals surface area contributed by atoms with E-state index in [9.17, 15) is 0 Å². The van der Waals surface area contributed by atoms with E-state index in [0.717, 1.165) is 25.2 Å². The highest BCUT2D eigenvalue weighted by molar-refractivity contribution is 5.18. The zero-order valence-corrected chi connectivity index (χ0v) is 8.77. The third-order valence-electron chi connectivity index (χ3n) is 2.89. The number of aromatic nitrogens is 2. The zero-order valence-electron chi connectivity index (χ0n) is 8.77. The van der Waals surface area contributed by atoms with Gasteiger partial charge in [0.15, 0.2) is 0 Å². The molecule has 0 fully saturated rings. The van der Waals surface area contributed by atoms with E-state index in [4.69, 9.17) is 5.11 Å². The van der Waals surface area contributed by atoms with E-state index in [1.165, 1.54) is 5.69 Å². The van der Waals surface area contributed by atoms with Gasteiger partial charge in [-0.05, 0) is 13.8 Å². The second-order valence-corrected chi connectivity index (χ2v) is 4.06. The Morgan fingerprint density at radius 3 is 2.93 bits per heavy atom. The molecule has 14 heavy (non-hydrogen) atoms. The molecule has 0 amide bonds. The molecule has 0 aromatic carbocycles. The van der Waals surface area contributed by atoms with Gasteiger partial charge in [-0.15, -0.1) is 0 Å². The first-order valence-corrected chi connectivity index (χ1v) is 5.11. The van der Waals surface area contributed by atoms with E-state index >= 15 is 0 Å². The highest BCUT2D eigenvalue weighted by atomic mass is 16.3. The molecule has 1 N–H and O–H groups in total. The van der Waals surface area contributed by atoms with Crippen molar-refractivity contribution in [3.8, 4) is 0 Å². The topological polar surface area (TPSA) is 41.3 Å². The first-order chi connectivity index (χ1) is 6.72. The molecule has 0 atom stereocenters. The van der Waals surface area contributed by atoms with Gasteiger partial charge in [0.2, 0.25) is 0 Å². The van der Waals surface area contributed by atoms with Crippen LogP contribution in [0.5, 0.6) is 0 Å². The van der Waals surface area contributed by atoms with Crippen molar-refractivity contribution in [1.29, 1.82) is 0 Å². The van der Waals surface area contributed by atoms with Gasteiger partial charge in [0.05, 0.1) is 25.0 Å². The molecule has 0 radical (unpaired) electrons. The average molecular weight is 195 g/mol. The first kappa shape index (κ1) is 9.68. The van der Waals surface area contributed by atoms with E-state index in [1.54, 1.807) is 6.20 Å². The fourth-order valence-corrected chi connectivity index (χ4v) is 1.89. The highest BCUT2D eigenvalue weighted by Gasteiger charge is 2.21. The highest BCUT2D eigenvalue weighted by Crippen LogP contribution is 2.17.